The molecule has 0 spiro atoms. The fourth-order valence-corrected chi connectivity index (χ4v) is 0. The van der Waals surface area contributed by atoms with Gasteiger partial charge in [0.25, 0.3) is 0 Å². The molecule has 0 saturated carbocycles. The Bertz CT molecular complexity index is 142. The first-order chi connectivity index (χ1) is 5.29. The molecule has 8 heteroatoms. The van der Waals surface area contributed by atoms with Crippen LogP contribution in [0.4, 0.5) is 0 Å². The van der Waals surface area contributed by atoms with Crippen LogP contribution < -0.4 is 16.4 Å². The summed E-state index contributed by atoms with van der Waals surface area (Å²) in [4.78, 5) is 18.7. The van der Waals surface area contributed by atoms with E-state index in [-0.39, 0.29) is 27.9 Å². The van der Waals surface area contributed by atoms with E-state index in [0.717, 1.165) is 13.8 Å². The zero-order chi connectivity index (χ0) is 10.3. The van der Waals surface area contributed by atoms with Gasteiger partial charge in [0.2, 0.25) is 0 Å². The van der Waals surface area contributed by atoms with E-state index < -0.39 is 24.1 Å². The molecule has 0 amide bonds. The molecule has 83 valence electrons. The van der Waals surface area contributed by atoms with Crippen LogP contribution in [-0.2, 0) is 31.3 Å². The summed E-state index contributed by atoms with van der Waals surface area (Å²) in [6.45, 7) is 2.27. The molecule has 0 aromatic heterocycles. The average Bonchev–Trinajstić information content (AvgIpc) is 1.88. The van der Waals surface area contributed by atoms with Gasteiger partial charge < -0.3 is 36.2 Å². The smallest absolute Gasteiger partial charge is 0.547 e. The van der Waals surface area contributed by atoms with Gasteiger partial charge in [-0.25, -0.2) is 0 Å². The van der Waals surface area contributed by atoms with E-state index in [0.29, 0.717) is 0 Å². The number of hydrogen-bond acceptors (Lipinski definition) is 6. The van der Waals surface area contributed by atoms with Crippen LogP contribution in [0.5, 0.6) is 0 Å². The Morgan fingerprint density at radius 3 is 1.07 bits per heavy atom. The van der Waals surface area contributed by atoms with Crippen LogP contribution in [0.1, 0.15) is 13.8 Å². The van der Waals surface area contributed by atoms with Gasteiger partial charge in [-0.15, -0.1) is 0 Å². The van der Waals surface area contributed by atoms with Crippen LogP contribution in [0.3, 0.4) is 0 Å². The zero-order valence-corrected chi connectivity index (χ0v) is 9.74. The van der Waals surface area contributed by atoms with E-state index in [1.165, 1.54) is 0 Å². The summed E-state index contributed by atoms with van der Waals surface area (Å²) >= 11 is 0. The van der Waals surface area contributed by atoms with Crippen molar-refractivity contribution in [2.75, 3.05) is 0 Å². The van der Waals surface area contributed by atoms with Crippen molar-refractivity contribution in [1.29, 1.82) is 0 Å². The second kappa shape index (κ2) is 12.5. The Morgan fingerprint density at radius 1 is 1.00 bits per heavy atom. The average molecular weight is 244 g/mol. The number of carbonyl (C=O) groups is 2. The summed E-state index contributed by atoms with van der Waals surface area (Å²) in [6.07, 6.45) is -2.69. The van der Waals surface area contributed by atoms with E-state index in [4.69, 9.17) is 10.2 Å². The molecule has 6 N–H and O–H groups in total. The molecular weight excluding hydrogens is 230 g/mol. The van der Waals surface area contributed by atoms with Crippen LogP contribution in [0.2, 0.25) is 0 Å². The first-order valence-electron chi connectivity index (χ1n) is 3.06. The normalized spacial score (nSPS) is 11.7. The molecule has 14 heavy (non-hydrogen) atoms. The van der Waals surface area contributed by atoms with Gasteiger partial charge in [-0.2, -0.15) is 0 Å². The van der Waals surface area contributed by atoms with Crippen molar-refractivity contribution >= 4 is 11.9 Å². The molecule has 0 heterocycles. The minimum absolute atomic E-state index is 0. The molecule has 0 fully saturated rings. The first kappa shape index (κ1) is 23.4. The van der Waals surface area contributed by atoms with Crippen molar-refractivity contribution in [2.24, 2.45) is 0 Å². The van der Waals surface area contributed by atoms with Crippen molar-refractivity contribution in [2.45, 2.75) is 26.1 Å². The monoisotopic (exact) mass is 244 g/mol. The maximum Gasteiger partial charge on any atom is 1.00 e. The van der Waals surface area contributed by atoms with Crippen LogP contribution in [-0.4, -0.2) is 34.4 Å². The molecule has 0 aromatic rings. The molecule has 2 atom stereocenters. The summed E-state index contributed by atoms with van der Waals surface area (Å²) in [5, 5.41) is 34.6. The van der Waals surface area contributed by atoms with E-state index in [1.54, 1.807) is 0 Å². The number of aliphatic hydroxyl groups excluding tert-OH is 2. The second-order valence-corrected chi connectivity index (χ2v) is 1.99. The van der Waals surface area contributed by atoms with Crippen molar-refractivity contribution in [3.63, 3.8) is 0 Å². The molecule has 0 aliphatic rings. The van der Waals surface area contributed by atoms with E-state index in [2.05, 4.69) is 0 Å². The maximum absolute atomic E-state index is 9.34. The number of quaternary nitrogens is 1. The van der Waals surface area contributed by atoms with Gasteiger partial charge >= 0.3 is 21.7 Å². The number of carbonyl (C=O) groups excluding carboxylic acids is 2. The zero-order valence-electron chi connectivity index (χ0n) is 8.18. The topological polar surface area (TPSA) is 157 Å². The van der Waals surface area contributed by atoms with Crippen molar-refractivity contribution in [1.82, 2.24) is 6.15 Å². The summed E-state index contributed by atoms with van der Waals surface area (Å²) in [7, 11) is 0. The number of rotatable bonds is 2. The molecule has 0 aromatic carbocycles. The van der Waals surface area contributed by atoms with E-state index in [1.807, 2.05) is 0 Å². The minimum Gasteiger partial charge on any atom is -0.547 e. The van der Waals surface area contributed by atoms with Crippen LogP contribution >= 0.6 is 0 Å². The SMILES string of the molecule is CC(O)C(=O)[O-].CC(O)C(=O)[O-].[NH4+].[Ti+]. The van der Waals surface area contributed by atoms with E-state index >= 15 is 0 Å². The summed E-state index contributed by atoms with van der Waals surface area (Å²) in [6, 6.07) is 0. The first-order valence-corrected chi connectivity index (χ1v) is 3.06. The van der Waals surface area contributed by atoms with Crippen LogP contribution in [0, 0.1) is 0 Å². The van der Waals surface area contributed by atoms with Gasteiger partial charge in [0.05, 0.1) is 24.1 Å². The van der Waals surface area contributed by atoms with Crippen molar-refractivity contribution in [3.8, 4) is 0 Å². The number of carboxylic acid groups (broad SMARTS) is 2. The number of carboxylic acids is 2. The minimum atomic E-state index is -1.44. The molecule has 2 unspecified atom stereocenters. The summed E-state index contributed by atoms with van der Waals surface area (Å²) in [5.41, 5.74) is 0. The Hall–Kier alpha value is -0.466. The van der Waals surface area contributed by atoms with Gasteiger partial charge in [-0.3, -0.25) is 0 Å². The molecule has 0 aliphatic heterocycles. The molecular formula is C6H14NO6Ti. The van der Waals surface area contributed by atoms with E-state index in [9.17, 15) is 19.8 Å². The molecule has 0 aliphatic carbocycles. The van der Waals surface area contributed by atoms with Gasteiger partial charge in [-0.1, -0.05) is 0 Å². The van der Waals surface area contributed by atoms with Crippen LogP contribution in [0.15, 0.2) is 0 Å². The second-order valence-electron chi connectivity index (χ2n) is 1.99. The number of hydrogen-bond donors (Lipinski definition) is 3. The van der Waals surface area contributed by atoms with Gasteiger partial charge in [0, 0.05) is 0 Å². The Kier molecular flexibility index (Phi) is 20.9. The molecule has 0 rings (SSSR count). The predicted octanol–water partition coefficient (Wildman–Crippen LogP) is -3.39. The van der Waals surface area contributed by atoms with Crippen molar-refractivity contribution < 1.29 is 51.7 Å². The fraction of sp³-hybridized carbons (Fsp3) is 0.667. The third-order valence-electron chi connectivity index (χ3n) is 0.682. The van der Waals surface area contributed by atoms with Gasteiger partial charge in [-0.05, 0) is 13.8 Å². The fourth-order valence-electron chi connectivity index (χ4n) is 0. The van der Waals surface area contributed by atoms with Gasteiger partial charge in [0.1, 0.15) is 0 Å². The Balaban J connectivity index is -0.0000000625. The molecule has 0 bridgehead atoms. The Labute approximate surface area is 96.2 Å². The van der Waals surface area contributed by atoms with Gasteiger partial charge in [0.15, 0.2) is 0 Å². The number of aliphatic hydroxyl groups is 2. The summed E-state index contributed by atoms with van der Waals surface area (Å²) in [5.74, 6) is -2.87. The quantitative estimate of drug-likeness (QED) is 0.429. The third kappa shape index (κ3) is 22.5. The maximum atomic E-state index is 9.34. The molecule has 7 nitrogen and oxygen atoms in total. The largest absolute Gasteiger partial charge is 1.00 e. The van der Waals surface area contributed by atoms with Crippen molar-refractivity contribution in [3.05, 3.63) is 0 Å². The van der Waals surface area contributed by atoms with Crippen LogP contribution in [0.25, 0.3) is 0 Å². The Morgan fingerprint density at radius 2 is 1.07 bits per heavy atom. The standard InChI is InChI=1S/2C3H6O3.H3N.Ti/c2*1-2(4)3(5)6;;/h2*2,4H,1H3,(H,5,6);1H3;/q;;;+1/p-1. The molecule has 0 saturated heterocycles. The number of aliphatic carboxylic acids is 2. The predicted molar refractivity (Wildman–Crippen MR) is 39.4 cm³/mol. The third-order valence-corrected chi connectivity index (χ3v) is 0.682. The molecule has 1 radical (unpaired) electrons. The summed E-state index contributed by atoms with van der Waals surface area (Å²) < 4.78 is 0.